The van der Waals surface area contributed by atoms with Gasteiger partial charge in [0, 0.05) is 17.2 Å². The van der Waals surface area contributed by atoms with E-state index in [0.29, 0.717) is 12.4 Å². The summed E-state index contributed by atoms with van der Waals surface area (Å²) in [6.45, 7) is 4.98. The van der Waals surface area contributed by atoms with E-state index in [2.05, 4.69) is 31.5 Å². The molecule has 1 aromatic heterocycles. The Labute approximate surface area is 104 Å². The van der Waals surface area contributed by atoms with Gasteiger partial charge in [0.1, 0.15) is 5.82 Å². The number of halogens is 1. The molecule has 0 aromatic carbocycles. The number of rotatable bonds is 5. The van der Waals surface area contributed by atoms with Crippen molar-refractivity contribution in [1.82, 2.24) is 10.3 Å². The van der Waals surface area contributed by atoms with E-state index >= 15 is 0 Å². The van der Waals surface area contributed by atoms with Gasteiger partial charge in [0.25, 0.3) is 0 Å². The fourth-order valence-corrected chi connectivity index (χ4v) is 1.35. The number of hydrogen-bond donors (Lipinski definition) is 2. The van der Waals surface area contributed by atoms with Crippen molar-refractivity contribution < 1.29 is 4.79 Å². The van der Waals surface area contributed by atoms with Gasteiger partial charge in [-0.2, -0.15) is 0 Å². The van der Waals surface area contributed by atoms with Crippen LogP contribution in [0.25, 0.3) is 0 Å². The highest BCUT2D eigenvalue weighted by Crippen LogP contribution is 2.16. The number of hydrogen-bond acceptors (Lipinski definition) is 3. The van der Waals surface area contributed by atoms with Crippen molar-refractivity contribution in [2.45, 2.75) is 20.3 Å². The van der Waals surface area contributed by atoms with Crippen molar-refractivity contribution in [2.75, 3.05) is 18.4 Å². The molecule has 4 nitrogen and oxygen atoms in total. The molecule has 0 atom stereocenters. The van der Waals surface area contributed by atoms with E-state index < -0.39 is 0 Å². The van der Waals surface area contributed by atoms with Crippen molar-refractivity contribution in [3.05, 3.63) is 22.3 Å². The zero-order valence-corrected chi connectivity index (χ0v) is 11.1. The summed E-state index contributed by atoms with van der Waals surface area (Å²) in [7, 11) is 0. The van der Waals surface area contributed by atoms with E-state index in [1.165, 1.54) is 0 Å². The van der Waals surface area contributed by atoms with Crippen LogP contribution in [0.1, 0.15) is 18.9 Å². The lowest BCUT2D eigenvalue weighted by Crippen LogP contribution is -2.30. The van der Waals surface area contributed by atoms with Crippen molar-refractivity contribution in [3.63, 3.8) is 0 Å². The molecule has 1 amide bonds. The molecule has 0 aliphatic rings. The molecular formula is C11H16BrN3O. The lowest BCUT2D eigenvalue weighted by atomic mass is 10.3. The second-order valence-corrected chi connectivity index (χ2v) is 4.38. The van der Waals surface area contributed by atoms with Gasteiger partial charge in [-0.1, -0.05) is 6.92 Å². The lowest BCUT2D eigenvalue weighted by molar-refractivity contribution is -0.119. The Balaban J connectivity index is 2.42. The summed E-state index contributed by atoms with van der Waals surface area (Å²) in [6.07, 6.45) is 2.67. The van der Waals surface area contributed by atoms with Crippen LogP contribution in [0.3, 0.4) is 0 Å². The minimum atomic E-state index is -0.00998. The number of aromatic nitrogens is 1. The largest absolute Gasteiger partial charge is 0.361 e. The van der Waals surface area contributed by atoms with Crippen molar-refractivity contribution >= 4 is 27.7 Å². The lowest BCUT2D eigenvalue weighted by Gasteiger charge is -2.07. The third kappa shape index (κ3) is 4.18. The number of nitrogens with one attached hydrogen (secondary N) is 2. The number of aryl methyl sites for hydroxylation is 1. The normalized spacial score (nSPS) is 9.94. The summed E-state index contributed by atoms with van der Waals surface area (Å²) in [5, 5.41) is 5.77. The molecule has 5 heteroatoms. The second kappa shape index (κ2) is 6.48. The summed E-state index contributed by atoms with van der Waals surface area (Å²) in [5.41, 5.74) is 1.09. The molecule has 0 fully saturated rings. The van der Waals surface area contributed by atoms with E-state index in [9.17, 15) is 4.79 Å². The fourth-order valence-electron chi connectivity index (χ4n) is 1.13. The first-order valence-corrected chi connectivity index (χ1v) is 6.05. The van der Waals surface area contributed by atoms with Gasteiger partial charge in [0.15, 0.2) is 0 Å². The summed E-state index contributed by atoms with van der Waals surface area (Å²) < 4.78 is 0.966. The predicted octanol–water partition coefficient (Wildman–Crippen LogP) is 2.09. The summed E-state index contributed by atoms with van der Waals surface area (Å²) >= 11 is 3.37. The third-order valence-electron chi connectivity index (χ3n) is 2.05. The molecule has 2 N–H and O–H groups in total. The quantitative estimate of drug-likeness (QED) is 0.871. The molecule has 0 aliphatic heterocycles. The average Bonchev–Trinajstić information content (AvgIpc) is 2.28. The molecular weight excluding hydrogens is 270 g/mol. The van der Waals surface area contributed by atoms with Gasteiger partial charge in [-0.05, 0) is 40.9 Å². The smallest absolute Gasteiger partial charge is 0.239 e. The predicted molar refractivity (Wildman–Crippen MR) is 68.5 cm³/mol. The standard InChI is InChI=1S/C11H16BrN3O/c1-3-4-13-11(16)7-15-10-5-8(2)9(12)6-14-10/h5-6H,3-4,7H2,1-2H3,(H,13,16)(H,14,15). The second-order valence-electron chi connectivity index (χ2n) is 3.52. The monoisotopic (exact) mass is 285 g/mol. The topological polar surface area (TPSA) is 54.0 Å². The Bertz CT molecular complexity index is 368. The van der Waals surface area contributed by atoms with E-state index in [1.807, 2.05) is 19.9 Å². The number of pyridine rings is 1. The number of carbonyl (C=O) groups is 1. The Morgan fingerprint density at radius 2 is 2.31 bits per heavy atom. The van der Waals surface area contributed by atoms with Gasteiger partial charge in [-0.3, -0.25) is 4.79 Å². The van der Waals surface area contributed by atoms with E-state index in [-0.39, 0.29) is 12.5 Å². The average molecular weight is 286 g/mol. The third-order valence-corrected chi connectivity index (χ3v) is 2.88. The fraction of sp³-hybridized carbons (Fsp3) is 0.455. The summed E-state index contributed by atoms with van der Waals surface area (Å²) in [4.78, 5) is 15.5. The number of carbonyl (C=O) groups excluding carboxylic acids is 1. The minimum absolute atomic E-state index is 0.00998. The number of nitrogens with zero attached hydrogens (tertiary/aromatic N) is 1. The highest BCUT2D eigenvalue weighted by molar-refractivity contribution is 9.10. The summed E-state index contributed by atoms with van der Waals surface area (Å²) in [5.74, 6) is 0.705. The van der Waals surface area contributed by atoms with Crippen molar-refractivity contribution in [3.8, 4) is 0 Å². The molecule has 1 rings (SSSR count). The SMILES string of the molecule is CCCNC(=O)CNc1cc(C)c(Br)cn1. The maximum atomic E-state index is 11.3. The van der Waals surface area contributed by atoms with Gasteiger partial charge in [-0.15, -0.1) is 0 Å². The van der Waals surface area contributed by atoms with Crippen molar-refractivity contribution in [1.29, 1.82) is 0 Å². The van der Waals surface area contributed by atoms with E-state index in [0.717, 1.165) is 16.5 Å². The molecule has 16 heavy (non-hydrogen) atoms. The Morgan fingerprint density at radius 3 is 2.94 bits per heavy atom. The van der Waals surface area contributed by atoms with E-state index in [1.54, 1.807) is 6.20 Å². The van der Waals surface area contributed by atoms with Gasteiger partial charge < -0.3 is 10.6 Å². The molecule has 0 bridgehead atoms. The van der Waals surface area contributed by atoms with Crippen LogP contribution in [0.2, 0.25) is 0 Å². The van der Waals surface area contributed by atoms with Gasteiger partial charge in [-0.25, -0.2) is 4.98 Å². The molecule has 0 spiro atoms. The van der Waals surface area contributed by atoms with Crippen LogP contribution < -0.4 is 10.6 Å². The van der Waals surface area contributed by atoms with E-state index in [4.69, 9.17) is 0 Å². The number of amides is 1. The molecule has 0 saturated heterocycles. The minimum Gasteiger partial charge on any atom is -0.361 e. The maximum Gasteiger partial charge on any atom is 0.239 e. The molecule has 0 aliphatic carbocycles. The van der Waals surface area contributed by atoms with Crippen LogP contribution in [-0.2, 0) is 4.79 Å². The maximum absolute atomic E-state index is 11.3. The number of anilines is 1. The Hall–Kier alpha value is -1.10. The molecule has 1 aromatic rings. The highest BCUT2D eigenvalue weighted by atomic mass is 79.9. The van der Waals surface area contributed by atoms with Crippen LogP contribution in [0.5, 0.6) is 0 Å². The first-order valence-electron chi connectivity index (χ1n) is 5.26. The van der Waals surface area contributed by atoms with Crippen LogP contribution in [-0.4, -0.2) is 24.0 Å². The van der Waals surface area contributed by atoms with Crippen LogP contribution in [0.4, 0.5) is 5.82 Å². The molecule has 0 unspecified atom stereocenters. The van der Waals surface area contributed by atoms with Crippen LogP contribution in [0, 0.1) is 6.92 Å². The molecule has 0 saturated carbocycles. The van der Waals surface area contributed by atoms with Gasteiger partial charge in [0.05, 0.1) is 6.54 Å². The van der Waals surface area contributed by atoms with Crippen LogP contribution >= 0.6 is 15.9 Å². The Morgan fingerprint density at radius 1 is 1.56 bits per heavy atom. The van der Waals surface area contributed by atoms with Crippen LogP contribution in [0.15, 0.2) is 16.7 Å². The van der Waals surface area contributed by atoms with Crippen molar-refractivity contribution in [2.24, 2.45) is 0 Å². The van der Waals surface area contributed by atoms with Gasteiger partial charge in [0.2, 0.25) is 5.91 Å². The zero-order valence-electron chi connectivity index (χ0n) is 9.51. The zero-order chi connectivity index (χ0) is 12.0. The Kier molecular flexibility index (Phi) is 5.25. The molecule has 1 heterocycles. The highest BCUT2D eigenvalue weighted by Gasteiger charge is 2.02. The molecule has 88 valence electrons. The molecule has 0 radical (unpaired) electrons. The first kappa shape index (κ1) is 13.0. The van der Waals surface area contributed by atoms with Gasteiger partial charge >= 0.3 is 0 Å². The first-order chi connectivity index (χ1) is 7.63. The summed E-state index contributed by atoms with van der Waals surface area (Å²) in [6, 6.07) is 1.90.